The molecule has 0 saturated carbocycles. The van der Waals surface area contributed by atoms with E-state index in [1.807, 2.05) is 18.2 Å². The Morgan fingerprint density at radius 3 is 1.67 bits per heavy atom. The molecule has 0 radical (unpaired) electrons. The molecule has 4 nitrogen and oxygen atoms in total. The van der Waals surface area contributed by atoms with Gasteiger partial charge in [0.2, 0.25) is 0 Å². The average molecular weight is 665 g/mol. The fourth-order valence-corrected chi connectivity index (χ4v) is 8.62. The van der Waals surface area contributed by atoms with E-state index in [4.69, 9.17) is 8.83 Å². The summed E-state index contributed by atoms with van der Waals surface area (Å²) in [5.41, 5.74) is 12.7. The molecule has 0 aliphatic carbocycles. The van der Waals surface area contributed by atoms with Gasteiger partial charge in [-0.2, -0.15) is 0 Å². The van der Waals surface area contributed by atoms with Crippen molar-refractivity contribution in [3.05, 3.63) is 170 Å². The van der Waals surface area contributed by atoms with Gasteiger partial charge in [0.05, 0.1) is 27.5 Å². The van der Waals surface area contributed by atoms with Gasteiger partial charge in [0, 0.05) is 49.1 Å². The van der Waals surface area contributed by atoms with Crippen molar-refractivity contribution in [3.8, 4) is 22.5 Å². The topological polar surface area (TPSA) is 36.1 Å². The van der Waals surface area contributed by atoms with Crippen molar-refractivity contribution in [1.82, 2.24) is 9.13 Å². The molecule has 0 spiro atoms. The first-order valence-corrected chi connectivity index (χ1v) is 17.7. The van der Waals surface area contributed by atoms with Crippen LogP contribution in [0, 0.1) is 0 Å². The lowest BCUT2D eigenvalue weighted by molar-refractivity contribution is 0.669. The number of furan rings is 2. The maximum atomic E-state index is 6.73. The van der Waals surface area contributed by atoms with Gasteiger partial charge in [0.25, 0.3) is 0 Å². The Morgan fingerprint density at radius 1 is 0.308 bits per heavy atom. The summed E-state index contributed by atoms with van der Waals surface area (Å²) in [6.07, 6.45) is 0. The van der Waals surface area contributed by atoms with Crippen LogP contribution in [-0.4, -0.2) is 9.13 Å². The summed E-state index contributed by atoms with van der Waals surface area (Å²) in [5, 5.41) is 9.27. The molecular weight excluding hydrogens is 637 g/mol. The number of nitrogens with zero attached hydrogens (tertiary/aromatic N) is 2. The summed E-state index contributed by atoms with van der Waals surface area (Å²) in [4.78, 5) is 0. The van der Waals surface area contributed by atoms with Gasteiger partial charge in [-0.25, -0.2) is 0 Å². The number of hydrogen-bond donors (Lipinski definition) is 0. The smallest absolute Gasteiger partial charge is 0.145 e. The molecule has 0 unspecified atom stereocenters. The molecule has 12 aromatic rings. The van der Waals surface area contributed by atoms with Gasteiger partial charge in [0.15, 0.2) is 0 Å². The van der Waals surface area contributed by atoms with E-state index < -0.39 is 0 Å². The van der Waals surface area contributed by atoms with Crippen LogP contribution in [0.25, 0.3) is 110 Å². The van der Waals surface area contributed by atoms with Gasteiger partial charge >= 0.3 is 0 Å². The van der Waals surface area contributed by atoms with Gasteiger partial charge in [0.1, 0.15) is 22.3 Å². The molecule has 12 rings (SSSR count). The predicted molar refractivity (Wildman–Crippen MR) is 215 cm³/mol. The van der Waals surface area contributed by atoms with Crippen molar-refractivity contribution in [3.63, 3.8) is 0 Å². The van der Waals surface area contributed by atoms with Crippen molar-refractivity contribution in [2.24, 2.45) is 0 Å². The number of fused-ring (bicyclic) bond motifs is 13. The molecule has 0 amide bonds. The van der Waals surface area contributed by atoms with Crippen LogP contribution in [0.4, 0.5) is 0 Å². The highest BCUT2D eigenvalue weighted by Crippen LogP contribution is 2.43. The molecule has 4 heterocycles. The van der Waals surface area contributed by atoms with Gasteiger partial charge in [-0.3, -0.25) is 0 Å². The lowest BCUT2D eigenvalue weighted by atomic mass is 10.0. The van der Waals surface area contributed by atoms with Crippen LogP contribution >= 0.6 is 0 Å². The molecule has 0 aliphatic rings. The number of benzene rings is 8. The molecule has 0 atom stereocenters. The minimum absolute atomic E-state index is 0.897. The van der Waals surface area contributed by atoms with Crippen LogP contribution in [0.5, 0.6) is 0 Å². The molecule has 0 fully saturated rings. The van der Waals surface area contributed by atoms with Crippen LogP contribution in [0.15, 0.2) is 179 Å². The second kappa shape index (κ2) is 10.3. The van der Waals surface area contributed by atoms with Crippen LogP contribution in [0.3, 0.4) is 0 Å². The van der Waals surface area contributed by atoms with Gasteiger partial charge < -0.3 is 18.0 Å². The van der Waals surface area contributed by atoms with Crippen LogP contribution in [0.2, 0.25) is 0 Å². The Hall–Kier alpha value is -7.04. The van der Waals surface area contributed by atoms with Gasteiger partial charge in [-0.1, -0.05) is 91.0 Å². The maximum absolute atomic E-state index is 6.73. The minimum atomic E-state index is 0.897. The van der Waals surface area contributed by atoms with Crippen LogP contribution in [0.1, 0.15) is 0 Å². The zero-order valence-corrected chi connectivity index (χ0v) is 27.9. The standard InChI is InChI=1S/C48H28N2O2/c1-5-16-40-33(12-1)34-13-2-6-17-41(34)49(40)32-21-23-42-39(28-32)47-43(24-22-37-35-14-3-8-19-45(35)52-48(37)47)50(42)31-11-9-10-29(26-31)30-20-25-46-38(27-30)36-15-4-7-18-44(36)51-46/h1-28H. The fraction of sp³-hybridized carbons (Fsp3) is 0. The summed E-state index contributed by atoms with van der Waals surface area (Å²) in [7, 11) is 0. The monoisotopic (exact) mass is 664 g/mol. The Balaban J connectivity index is 1.14. The second-order valence-corrected chi connectivity index (χ2v) is 13.7. The van der Waals surface area contributed by atoms with Crippen LogP contribution < -0.4 is 0 Å². The minimum Gasteiger partial charge on any atom is -0.456 e. The number of aromatic nitrogens is 2. The van der Waals surface area contributed by atoms with E-state index in [-0.39, 0.29) is 0 Å². The summed E-state index contributed by atoms with van der Waals surface area (Å²) in [5.74, 6) is 0. The Labute approximate surface area is 296 Å². The highest BCUT2D eigenvalue weighted by Gasteiger charge is 2.21. The lowest BCUT2D eigenvalue weighted by Crippen LogP contribution is -1.96. The number of rotatable bonds is 3. The Morgan fingerprint density at radius 2 is 0.885 bits per heavy atom. The maximum Gasteiger partial charge on any atom is 0.145 e. The molecule has 242 valence electrons. The van der Waals surface area contributed by atoms with Crippen molar-refractivity contribution >= 4 is 87.5 Å². The zero-order valence-electron chi connectivity index (χ0n) is 27.9. The number of hydrogen-bond acceptors (Lipinski definition) is 2. The molecule has 0 saturated heterocycles. The van der Waals surface area contributed by atoms with E-state index in [1.165, 1.54) is 21.8 Å². The van der Waals surface area contributed by atoms with E-state index in [9.17, 15) is 0 Å². The molecule has 0 N–H and O–H groups in total. The van der Waals surface area contributed by atoms with E-state index >= 15 is 0 Å². The lowest BCUT2D eigenvalue weighted by Gasteiger charge is -2.12. The Bertz CT molecular complexity index is 3370. The third-order valence-electron chi connectivity index (χ3n) is 10.9. The highest BCUT2D eigenvalue weighted by molar-refractivity contribution is 6.24. The van der Waals surface area contributed by atoms with E-state index in [0.717, 1.165) is 88.2 Å². The Kier molecular flexibility index (Phi) is 5.47. The summed E-state index contributed by atoms with van der Waals surface area (Å²) in [6.45, 7) is 0. The molecule has 4 heteroatoms. The number of para-hydroxylation sites is 4. The largest absolute Gasteiger partial charge is 0.456 e. The zero-order chi connectivity index (χ0) is 33.9. The normalized spacial score (nSPS) is 12.2. The molecular formula is C48H28N2O2. The first kappa shape index (κ1) is 27.7. The highest BCUT2D eigenvalue weighted by atomic mass is 16.3. The van der Waals surface area contributed by atoms with Gasteiger partial charge in [-0.15, -0.1) is 0 Å². The molecule has 4 aromatic heterocycles. The van der Waals surface area contributed by atoms with E-state index in [1.54, 1.807) is 0 Å². The van der Waals surface area contributed by atoms with Crippen molar-refractivity contribution in [2.45, 2.75) is 0 Å². The summed E-state index contributed by atoms with van der Waals surface area (Å²) >= 11 is 0. The second-order valence-electron chi connectivity index (χ2n) is 13.7. The van der Waals surface area contributed by atoms with Crippen LogP contribution in [-0.2, 0) is 0 Å². The molecule has 8 aromatic carbocycles. The summed E-state index contributed by atoms with van der Waals surface area (Å²) < 4.78 is 17.7. The van der Waals surface area contributed by atoms with E-state index in [2.05, 4.69) is 161 Å². The van der Waals surface area contributed by atoms with Crippen molar-refractivity contribution in [2.75, 3.05) is 0 Å². The predicted octanol–water partition coefficient (Wildman–Crippen LogP) is 13.3. The fourth-order valence-electron chi connectivity index (χ4n) is 8.62. The third kappa shape index (κ3) is 3.75. The first-order chi connectivity index (χ1) is 25.8. The van der Waals surface area contributed by atoms with Crippen molar-refractivity contribution in [1.29, 1.82) is 0 Å². The van der Waals surface area contributed by atoms with Gasteiger partial charge in [-0.05, 0) is 90.0 Å². The first-order valence-electron chi connectivity index (χ1n) is 17.7. The average Bonchev–Trinajstić information content (AvgIpc) is 3.95. The van der Waals surface area contributed by atoms with Crippen molar-refractivity contribution < 1.29 is 8.83 Å². The quantitative estimate of drug-likeness (QED) is 0.188. The van der Waals surface area contributed by atoms with E-state index in [0.29, 0.717) is 0 Å². The third-order valence-corrected chi connectivity index (χ3v) is 10.9. The molecule has 0 bridgehead atoms. The molecule has 0 aliphatic heterocycles. The molecule has 52 heavy (non-hydrogen) atoms. The summed E-state index contributed by atoms with van der Waals surface area (Å²) in [6, 6.07) is 60.7. The SMILES string of the molecule is c1cc(-c2ccc3oc4ccccc4c3c2)cc(-n2c3ccc(-n4c5ccccc5c5ccccc54)cc3c3c4oc5ccccc5c4ccc32)c1.